The monoisotopic (exact) mass is 465 g/mol. The van der Waals surface area contributed by atoms with Crippen LogP contribution in [0.15, 0.2) is 33.2 Å². The van der Waals surface area contributed by atoms with Crippen molar-refractivity contribution in [2.45, 2.75) is 6.92 Å². The van der Waals surface area contributed by atoms with E-state index in [1.807, 2.05) is 12.1 Å². The molecule has 1 aromatic carbocycles. The van der Waals surface area contributed by atoms with E-state index in [0.29, 0.717) is 22.1 Å². The summed E-state index contributed by atoms with van der Waals surface area (Å²) in [5.41, 5.74) is 1.51. The second-order valence-electron chi connectivity index (χ2n) is 3.80. The van der Waals surface area contributed by atoms with Crippen molar-refractivity contribution in [1.29, 1.82) is 0 Å². The van der Waals surface area contributed by atoms with Crippen LogP contribution in [0.5, 0.6) is 0 Å². The Morgan fingerprint density at radius 3 is 3.00 bits per heavy atom. The van der Waals surface area contributed by atoms with Crippen molar-refractivity contribution in [2.75, 3.05) is 5.32 Å². The van der Waals surface area contributed by atoms with Gasteiger partial charge in [-0.1, -0.05) is 21.1 Å². The highest BCUT2D eigenvalue weighted by atomic mass is 127. The van der Waals surface area contributed by atoms with Gasteiger partial charge < -0.3 is 5.21 Å². The average Bonchev–Trinajstić information content (AvgIpc) is 2.89. The van der Waals surface area contributed by atoms with Gasteiger partial charge in [0.2, 0.25) is 0 Å². The van der Waals surface area contributed by atoms with E-state index < -0.39 is 0 Å². The van der Waals surface area contributed by atoms with Gasteiger partial charge >= 0.3 is 0 Å². The van der Waals surface area contributed by atoms with Gasteiger partial charge in [0.05, 0.1) is 5.56 Å². The first-order valence-electron chi connectivity index (χ1n) is 5.42. The quantitative estimate of drug-likeness (QED) is 0.312. The van der Waals surface area contributed by atoms with Gasteiger partial charge in [0, 0.05) is 13.4 Å². The Bertz CT molecular complexity index is 687. The first-order chi connectivity index (χ1) is 9.51. The van der Waals surface area contributed by atoms with Crippen molar-refractivity contribution in [3.8, 4) is 0 Å². The normalized spacial score (nSPS) is 11.4. The van der Waals surface area contributed by atoms with Crippen LogP contribution in [0.4, 0.5) is 5.13 Å². The Morgan fingerprint density at radius 1 is 1.55 bits per heavy atom. The highest BCUT2D eigenvalue weighted by Gasteiger charge is 2.13. The summed E-state index contributed by atoms with van der Waals surface area (Å²) in [7, 11) is 0. The summed E-state index contributed by atoms with van der Waals surface area (Å²) in [5.74, 6) is -0.227. The summed E-state index contributed by atoms with van der Waals surface area (Å²) >= 11 is 6.73. The lowest BCUT2D eigenvalue weighted by atomic mass is 10.2. The molecule has 0 aliphatic carbocycles. The molecule has 0 bridgehead atoms. The Kier molecular flexibility index (Phi) is 5.11. The molecule has 8 heteroatoms. The molecule has 0 aliphatic rings. The fourth-order valence-electron chi connectivity index (χ4n) is 1.38. The largest absolute Gasteiger partial charge is 0.411 e. The molecule has 1 amide bonds. The second-order valence-corrected chi connectivity index (χ2v) is 6.74. The standard InChI is InChI=1S/C12H9BrIN3O2S/c1-6(17-19)10-5-20-12(15-10)16-11(18)8-4-7(13)2-3-9(8)14/h2-5,19H,1H3,(H,15,16,18)/b17-6-. The fourth-order valence-corrected chi connectivity index (χ4v) is 3.08. The van der Waals surface area contributed by atoms with E-state index in [0.717, 1.165) is 8.04 Å². The van der Waals surface area contributed by atoms with Gasteiger partial charge in [-0.3, -0.25) is 10.1 Å². The van der Waals surface area contributed by atoms with E-state index in [4.69, 9.17) is 5.21 Å². The first-order valence-corrected chi connectivity index (χ1v) is 8.17. The molecule has 0 atom stereocenters. The van der Waals surface area contributed by atoms with Crippen molar-refractivity contribution in [1.82, 2.24) is 4.98 Å². The van der Waals surface area contributed by atoms with Gasteiger partial charge in [-0.25, -0.2) is 4.98 Å². The zero-order valence-corrected chi connectivity index (χ0v) is 14.8. The maximum atomic E-state index is 12.2. The molecule has 2 aromatic rings. The summed E-state index contributed by atoms with van der Waals surface area (Å²) in [6.07, 6.45) is 0. The average molecular weight is 466 g/mol. The minimum atomic E-state index is -0.227. The van der Waals surface area contributed by atoms with Gasteiger partial charge in [0.25, 0.3) is 5.91 Å². The van der Waals surface area contributed by atoms with Gasteiger partial charge in [0.15, 0.2) is 5.13 Å². The summed E-state index contributed by atoms with van der Waals surface area (Å²) < 4.78 is 1.69. The van der Waals surface area contributed by atoms with Crippen LogP contribution in [0.1, 0.15) is 23.0 Å². The molecule has 0 aliphatic heterocycles. The van der Waals surface area contributed by atoms with Crippen LogP contribution < -0.4 is 5.32 Å². The summed E-state index contributed by atoms with van der Waals surface area (Å²) in [6.45, 7) is 1.64. The van der Waals surface area contributed by atoms with Crippen LogP contribution in [-0.2, 0) is 0 Å². The lowest BCUT2D eigenvalue weighted by Gasteiger charge is -2.04. The number of nitrogens with zero attached hydrogens (tertiary/aromatic N) is 2. The van der Waals surface area contributed by atoms with E-state index >= 15 is 0 Å². The third kappa shape index (κ3) is 3.55. The van der Waals surface area contributed by atoms with Crippen molar-refractivity contribution in [3.63, 3.8) is 0 Å². The van der Waals surface area contributed by atoms with Crippen LogP contribution in [0.25, 0.3) is 0 Å². The number of carbonyl (C=O) groups is 1. The van der Waals surface area contributed by atoms with Crippen molar-refractivity contribution < 1.29 is 10.0 Å². The van der Waals surface area contributed by atoms with E-state index in [1.165, 1.54) is 11.3 Å². The van der Waals surface area contributed by atoms with Gasteiger partial charge in [-0.2, -0.15) is 0 Å². The summed E-state index contributed by atoms with van der Waals surface area (Å²) in [4.78, 5) is 16.4. The number of benzene rings is 1. The molecule has 0 fully saturated rings. The molecular formula is C12H9BrIN3O2S. The number of halogens is 2. The molecule has 1 aromatic heterocycles. The molecule has 1 heterocycles. The number of rotatable bonds is 3. The molecule has 0 saturated heterocycles. The highest BCUT2D eigenvalue weighted by Crippen LogP contribution is 2.21. The number of hydrogen-bond acceptors (Lipinski definition) is 5. The van der Waals surface area contributed by atoms with Gasteiger partial charge in [-0.05, 0) is 47.7 Å². The van der Waals surface area contributed by atoms with Crippen LogP contribution in [0.3, 0.4) is 0 Å². The van der Waals surface area contributed by atoms with E-state index in [2.05, 4.69) is 54.0 Å². The molecule has 104 valence electrons. The Labute approximate surface area is 141 Å². The fraction of sp³-hybridized carbons (Fsp3) is 0.0833. The number of oxime groups is 1. The van der Waals surface area contributed by atoms with Gasteiger partial charge in [0.1, 0.15) is 11.4 Å². The van der Waals surface area contributed by atoms with E-state index in [1.54, 1.807) is 18.4 Å². The SMILES string of the molecule is C/C(=N/O)c1csc(NC(=O)c2cc(Br)ccc2I)n1. The lowest BCUT2D eigenvalue weighted by Crippen LogP contribution is -2.13. The minimum Gasteiger partial charge on any atom is -0.411 e. The molecule has 0 radical (unpaired) electrons. The Balaban J connectivity index is 2.19. The van der Waals surface area contributed by atoms with Crippen LogP contribution in [0, 0.1) is 3.57 Å². The Hall–Kier alpha value is -1.000. The van der Waals surface area contributed by atoms with Crippen molar-refractivity contribution in [2.24, 2.45) is 5.16 Å². The smallest absolute Gasteiger partial charge is 0.258 e. The van der Waals surface area contributed by atoms with Crippen molar-refractivity contribution in [3.05, 3.63) is 42.9 Å². The third-order valence-corrected chi connectivity index (χ3v) is 4.61. The zero-order chi connectivity index (χ0) is 14.7. The summed E-state index contributed by atoms with van der Waals surface area (Å²) in [6, 6.07) is 5.49. The van der Waals surface area contributed by atoms with Crippen LogP contribution in [-0.4, -0.2) is 21.8 Å². The number of aromatic nitrogens is 1. The topological polar surface area (TPSA) is 74.6 Å². The second kappa shape index (κ2) is 6.64. The summed E-state index contributed by atoms with van der Waals surface area (Å²) in [5, 5.41) is 16.7. The number of carbonyl (C=O) groups excluding carboxylic acids is 1. The van der Waals surface area contributed by atoms with Crippen LogP contribution in [0.2, 0.25) is 0 Å². The van der Waals surface area contributed by atoms with Crippen molar-refractivity contribution >= 4 is 66.6 Å². The zero-order valence-electron chi connectivity index (χ0n) is 10.2. The molecule has 0 saturated carbocycles. The third-order valence-electron chi connectivity index (χ3n) is 2.42. The predicted molar refractivity (Wildman–Crippen MR) is 90.9 cm³/mol. The number of hydrogen-bond donors (Lipinski definition) is 2. The minimum absolute atomic E-state index is 0.227. The molecule has 2 N–H and O–H groups in total. The first kappa shape index (κ1) is 15.4. The Morgan fingerprint density at radius 2 is 2.30 bits per heavy atom. The highest BCUT2D eigenvalue weighted by molar-refractivity contribution is 14.1. The van der Waals surface area contributed by atoms with Gasteiger partial charge in [-0.15, -0.1) is 11.3 Å². The molecule has 2 rings (SSSR count). The number of amides is 1. The predicted octanol–water partition coefficient (Wildman–Crippen LogP) is 3.96. The maximum Gasteiger partial charge on any atom is 0.258 e. The number of nitrogens with one attached hydrogen (secondary N) is 1. The molecule has 20 heavy (non-hydrogen) atoms. The molecule has 0 spiro atoms. The molecule has 5 nitrogen and oxygen atoms in total. The maximum absolute atomic E-state index is 12.2. The number of anilines is 1. The van der Waals surface area contributed by atoms with E-state index in [9.17, 15) is 4.79 Å². The number of thiazole rings is 1. The van der Waals surface area contributed by atoms with Crippen LogP contribution >= 0.6 is 49.9 Å². The molecular weight excluding hydrogens is 457 g/mol. The molecule has 0 unspecified atom stereocenters. The lowest BCUT2D eigenvalue weighted by molar-refractivity contribution is 0.102. The van der Waals surface area contributed by atoms with E-state index in [-0.39, 0.29) is 5.91 Å².